The second-order valence-electron chi connectivity index (χ2n) is 5.30. The molecule has 3 atom stereocenters. The van der Waals surface area contributed by atoms with Gasteiger partial charge >= 0.3 is 10.8 Å². The van der Waals surface area contributed by atoms with Crippen molar-refractivity contribution in [2.45, 2.75) is 32.6 Å². The number of carbonyl (C=O) groups excluding carboxylic acids is 1. The standard InChI is InChI=1S/C13H16N4O4S/c1-6-3-10(21-8(6)5-20-7(2)18)17-11-9(22-13(17)19)4-15-12(14)16-11/h4,6,8,10H,3,5H2,1-2H3,(H2,14,15,16)/t6-,8+,10+/m0/s1. The maximum absolute atomic E-state index is 12.2. The summed E-state index contributed by atoms with van der Waals surface area (Å²) >= 11 is 1.06. The fourth-order valence-corrected chi connectivity index (χ4v) is 3.36. The van der Waals surface area contributed by atoms with Crippen molar-refractivity contribution in [1.82, 2.24) is 14.5 Å². The van der Waals surface area contributed by atoms with E-state index in [2.05, 4.69) is 9.97 Å². The van der Waals surface area contributed by atoms with Crippen molar-refractivity contribution in [2.75, 3.05) is 12.3 Å². The van der Waals surface area contributed by atoms with E-state index in [4.69, 9.17) is 15.2 Å². The number of esters is 1. The van der Waals surface area contributed by atoms with Crippen LogP contribution in [-0.4, -0.2) is 33.2 Å². The van der Waals surface area contributed by atoms with Crippen molar-refractivity contribution in [3.63, 3.8) is 0 Å². The highest BCUT2D eigenvalue weighted by atomic mass is 32.1. The summed E-state index contributed by atoms with van der Waals surface area (Å²) in [5.74, 6) is -0.0788. The SMILES string of the molecule is CC(=O)OC[C@H]1O[C@@H](n2c(=O)sc3cnc(N)nc32)C[C@@H]1C. The Balaban J connectivity index is 1.89. The van der Waals surface area contributed by atoms with Crippen LogP contribution in [0.25, 0.3) is 10.3 Å². The first-order valence-electron chi connectivity index (χ1n) is 6.88. The van der Waals surface area contributed by atoms with E-state index in [1.807, 2.05) is 6.92 Å². The summed E-state index contributed by atoms with van der Waals surface area (Å²) < 4.78 is 13.1. The molecular formula is C13H16N4O4S. The molecule has 1 saturated heterocycles. The van der Waals surface area contributed by atoms with Gasteiger partial charge in [0.1, 0.15) is 12.8 Å². The van der Waals surface area contributed by atoms with Gasteiger partial charge in [0.05, 0.1) is 17.0 Å². The van der Waals surface area contributed by atoms with E-state index >= 15 is 0 Å². The van der Waals surface area contributed by atoms with Gasteiger partial charge in [-0.2, -0.15) is 4.98 Å². The van der Waals surface area contributed by atoms with E-state index in [1.54, 1.807) is 0 Å². The smallest absolute Gasteiger partial charge is 0.311 e. The molecule has 118 valence electrons. The molecule has 22 heavy (non-hydrogen) atoms. The number of anilines is 1. The summed E-state index contributed by atoms with van der Waals surface area (Å²) in [4.78, 5) is 31.0. The van der Waals surface area contributed by atoms with Crippen molar-refractivity contribution in [3.05, 3.63) is 15.9 Å². The van der Waals surface area contributed by atoms with Crippen LogP contribution in [0.4, 0.5) is 5.95 Å². The molecule has 0 bridgehead atoms. The predicted octanol–water partition coefficient (Wildman–Crippen LogP) is 0.922. The zero-order valence-corrected chi connectivity index (χ0v) is 13.0. The van der Waals surface area contributed by atoms with Gasteiger partial charge < -0.3 is 15.2 Å². The number of nitrogens with two attached hydrogens (primary N) is 1. The fourth-order valence-electron chi connectivity index (χ4n) is 2.53. The molecule has 0 saturated carbocycles. The van der Waals surface area contributed by atoms with Crippen molar-refractivity contribution in [2.24, 2.45) is 5.92 Å². The minimum atomic E-state index is -0.439. The number of thiazole rings is 1. The Morgan fingerprint density at radius 3 is 3.14 bits per heavy atom. The fraction of sp³-hybridized carbons (Fsp3) is 0.538. The molecule has 0 amide bonds. The van der Waals surface area contributed by atoms with E-state index < -0.39 is 6.23 Å². The lowest BCUT2D eigenvalue weighted by Gasteiger charge is -2.15. The molecule has 3 heterocycles. The van der Waals surface area contributed by atoms with Crippen LogP contribution in [0.5, 0.6) is 0 Å². The van der Waals surface area contributed by atoms with E-state index in [0.29, 0.717) is 16.8 Å². The highest BCUT2D eigenvalue weighted by molar-refractivity contribution is 7.16. The van der Waals surface area contributed by atoms with Gasteiger partial charge in [-0.3, -0.25) is 14.2 Å². The van der Waals surface area contributed by atoms with Crippen LogP contribution in [0, 0.1) is 5.92 Å². The molecule has 2 N–H and O–H groups in total. The van der Waals surface area contributed by atoms with Gasteiger partial charge in [-0.05, 0) is 12.3 Å². The summed E-state index contributed by atoms with van der Waals surface area (Å²) in [7, 11) is 0. The van der Waals surface area contributed by atoms with Gasteiger partial charge in [0.15, 0.2) is 5.65 Å². The lowest BCUT2D eigenvalue weighted by molar-refractivity contribution is -0.146. The molecular weight excluding hydrogens is 308 g/mol. The summed E-state index contributed by atoms with van der Waals surface area (Å²) in [6, 6.07) is 0. The normalized spacial score (nSPS) is 24.7. The van der Waals surface area contributed by atoms with E-state index in [9.17, 15) is 9.59 Å². The molecule has 0 aliphatic carbocycles. The summed E-state index contributed by atoms with van der Waals surface area (Å²) in [5.41, 5.74) is 6.08. The first-order chi connectivity index (χ1) is 10.5. The van der Waals surface area contributed by atoms with Crippen molar-refractivity contribution >= 4 is 33.6 Å². The van der Waals surface area contributed by atoms with Crippen molar-refractivity contribution in [1.29, 1.82) is 0 Å². The second kappa shape index (κ2) is 5.65. The van der Waals surface area contributed by atoms with E-state index in [-0.39, 0.29) is 35.4 Å². The maximum Gasteiger partial charge on any atom is 0.311 e. The second-order valence-corrected chi connectivity index (χ2v) is 6.29. The Labute approximate surface area is 129 Å². The molecule has 0 aromatic carbocycles. The highest BCUT2D eigenvalue weighted by Crippen LogP contribution is 2.34. The maximum atomic E-state index is 12.2. The average molecular weight is 324 g/mol. The molecule has 3 rings (SSSR count). The number of rotatable bonds is 3. The van der Waals surface area contributed by atoms with Gasteiger partial charge in [-0.15, -0.1) is 0 Å². The molecule has 2 aromatic heterocycles. The van der Waals surface area contributed by atoms with Gasteiger partial charge in [0.25, 0.3) is 0 Å². The molecule has 1 aliphatic heterocycles. The van der Waals surface area contributed by atoms with Crippen LogP contribution in [0.1, 0.15) is 26.5 Å². The van der Waals surface area contributed by atoms with Crippen LogP contribution in [-0.2, 0) is 14.3 Å². The molecule has 0 spiro atoms. The predicted molar refractivity (Wildman–Crippen MR) is 80.4 cm³/mol. The summed E-state index contributed by atoms with van der Waals surface area (Å²) in [5, 5.41) is 0. The van der Waals surface area contributed by atoms with Gasteiger partial charge in [0, 0.05) is 6.92 Å². The Bertz CT molecular complexity index is 771. The first kappa shape index (κ1) is 14.9. The molecule has 0 unspecified atom stereocenters. The topological polar surface area (TPSA) is 109 Å². The minimum absolute atomic E-state index is 0.113. The monoisotopic (exact) mass is 324 g/mol. The molecule has 1 aliphatic rings. The zero-order chi connectivity index (χ0) is 15.9. The third-order valence-electron chi connectivity index (χ3n) is 3.66. The Morgan fingerprint density at radius 2 is 2.41 bits per heavy atom. The van der Waals surface area contributed by atoms with E-state index in [1.165, 1.54) is 17.7 Å². The third-order valence-corrected chi connectivity index (χ3v) is 4.54. The number of ether oxygens (including phenoxy) is 2. The van der Waals surface area contributed by atoms with Gasteiger partial charge in [-0.1, -0.05) is 18.3 Å². The Morgan fingerprint density at radius 1 is 1.64 bits per heavy atom. The number of aromatic nitrogens is 3. The summed E-state index contributed by atoms with van der Waals surface area (Å²) in [6.45, 7) is 3.53. The number of nitrogens with zero attached hydrogens (tertiary/aromatic N) is 3. The van der Waals surface area contributed by atoms with Gasteiger partial charge in [-0.25, -0.2) is 4.98 Å². The highest BCUT2D eigenvalue weighted by Gasteiger charge is 2.35. The molecule has 9 heteroatoms. The average Bonchev–Trinajstić information content (AvgIpc) is 2.95. The van der Waals surface area contributed by atoms with Crippen LogP contribution < -0.4 is 10.6 Å². The quantitative estimate of drug-likeness (QED) is 0.836. The lowest BCUT2D eigenvalue weighted by atomic mass is 10.0. The Hall–Kier alpha value is -2.00. The molecule has 0 radical (unpaired) electrons. The summed E-state index contributed by atoms with van der Waals surface area (Å²) in [6.07, 6.45) is 1.50. The van der Waals surface area contributed by atoms with E-state index in [0.717, 1.165) is 11.3 Å². The van der Waals surface area contributed by atoms with Gasteiger partial charge in [0.2, 0.25) is 5.95 Å². The number of nitrogen functional groups attached to an aromatic ring is 1. The minimum Gasteiger partial charge on any atom is -0.463 e. The third kappa shape index (κ3) is 2.69. The number of fused-ring (bicyclic) bond motifs is 1. The first-order valence-corrected chi connectivity index (χ1v) is 7.69. The molecule has 8 nitrogen and oxygen atoms in total. The van der Waals surface area contributed by atoms with Crippen LogP contribution in [0.2, 0.25) is 0 Å². The number of hydrogen-bond donors (Lipinski definition) is 1. The lowest BCUT2D eigenvalue weighted by Crippen LogP contribution is -2.24. The van der Waals surface area contributed by atoms with Crippen molar-refractivity contribution in [3.8, 4) is 0 Å². The number of carbonyl (C=O) groups is 1. The van der Waals surface area contributed by atoms with Crippen molar-refractivity contribution < 1.29 is 14.3 Å². The molecule has 2 aromatic rings. The zero-order valence-electron chi connectivity index (χ0n) is 12.2. The largest absolute Gasteiger partial charge is 0.463 e. The van der Waals surface area contributed by atoms with Crippen LogP contribution >= 0.6 is 11.3 Å². The Kier molecular flexibility index (Phi) is 3.83. The van der Waals surface area contributed by atoms with Crippen LogP contribution in [0.3, 0.4) is 0 Å². The number of hydrogen-bond acceptors (Lipinski definition) is 8. The molecule has 1 fully saturated rings. The van der Waals surface area contributed by atoms with Crippen LogP contribution in [0.15, 0.2) is 11.0 Å².